The summed E-state index contributed by atoms with van der Waals surface area (Å²) in [5, 5.41) is 13.3. The van der Waals surface area contributed by atoms with E-state index in [1.165, 1.54) is 5.56 Å². The molecule has 2 aliphatic carbocycles. The van der Waals surface area contributed by atoms with Gasteiger partial charge in [-0.1, -0.05) is 35.5 Å². The van der Waals surface area contributed by atoms with E-state index in [-0.39, 0.29) is 17.6 Å². The van der Waals surface area contributed by atoms with Crippen LogP contribution in [0.25, 0.3) is 11.5 Å². The molecule has 0 N–H and O–H groups in total. The summed E-state index contributed by atoms with van der Waals surface area (Å²) in [6.45, 7) is 6.17. The minimum absolute atomic E-state index is 0.0969. The quantitative estimate of drug-likeness (QED) is 0.491. The van der Waals surface area contributed by atoms with Crippen molar-refractivity contribution in [1.82, 2.24) is 15.0 Å². The highest BCUT2D eigenvalue weighted by Gasteiger charge is 2.55. The van der Waals surface area contributed by atoms with Gasteiger partial charge in [0, 0.05) is 24.1 Å². The first-order chi connectivity index (χ1) is 16.3. The van der Waals surface area contributed by atoms with Crippen molar-refractivity contribution in [2.24, 2.45) is 0 Å². The predicted molar refractivity (Wildman–Crippen MR) is 126 cm³/mol. The molecule has 2 fully saturated rings. The standard InChI is InChI=1S/C27H28N4O3/c1-26(2,3)33-25(32)31(22-15-21(22)19-7-5-4-6-8-19)17-27(13-14-27)24-29-23(34-30-24)20-11-9-18(16-28)10-12-20/h4-12,21-22H,13-15,17H2,1-3H3/t21?,22-/m0/s1. The molecule has 34 heavy (non-hydrogen) atoms. The van der Waals surface area contributed by atoms with Gasteiger partial charge in [0.15, 0.2) is 5.82 Å². The molecule has 1 amide bonds. The Hall–Kier alpha value is -3.66. The number of hydrogen-bond acceptors (Lipinski definition) is 6. The highest BCUT2D eigenvalue weighted by atomic mass is 16.6. The van der Waals surface area contributed by atoms with E-state index in [1.54, 1.807) is 24.3 Å². The van der Waals surface area contributed by atoms with E-state index in [2.05, 4.69) is 28.3 Å². The molecule has 1 unspecified atom stereocenters. The maximum atomic E-state index is 13.3. The number of nitriles is 1. The molecule has 2 aromatic carbocycles. The summed E-state index contributed by atoms with van der Waals surface area (Å²) >= 11 is 0. The van der Waals surface area contributed by atoms with Crippen LogP contribution in [0.15, 0.2) is 59.1 Å². The van der Waals surface area contributed by atoms with Crippen LogP contribution in [-0.2, 0) is 10.2 Å². The van der Waals surface area contributed by atoms with Gasteiger partial charge in [0.2, 0.25) is 0 Å². The first kappa shape index (κ1) is 22.1. The molecule has 174 valence electrons. The smallest absolute Gasteiger partial charge is 0.410 e. The molecule has 5 rings (SSSR count). The molecule has 0 radical (unpaired) electrons. The zero-order chi connectivity index (χ0) is 23.9. The van der Waals surface area contributed by atoms with Crippen molar-refractivity contribution >= 4 is 6.09 Å². The fraction of sp³-hybridized carbons (Fsp3) is 0.407. The molecule has 7 heteroatoms. The van der Waals surface area contributed by atoms with Crippen LogP contribution >= 0.6 is 0 Å². The van der Waals surface area contributed by atoms with E-state index in [0.717, 1.165) is 24.8 Å². The van der Waals surface area contributed by atoms with Gasteiger partial charge >= 0.3 is 6.09 Å². The van der Waals surface area contributed by atoms with Gasteiger partial charge in [0.25, 0.3) is 5.89 Å². The summed E-state index contributed by atoms with van der Waals surface area (Å²) in [4.78, 5) is 19.8. The highest BCUT2D eigenvalue weighted by molar-refractivity contribution is 5.70. The van der Waals surface area contributed by atoms with E-state index in [1.807, 2.05) is 43.9 Å². The number of aromatic nitrogens is 2. The Morgan fingerprint density at radius 3 is 2.50 bits per heavy atom. The second-order valence-corrected chi connectivity index (χ2v) is 10.3. The van der Waals surface area contributed by atoms with Crippen LogP contribution in [0.1, 0.15) is 62.9 Å². The van der Waals surface area contributed by atoms with Crippen molar-refractivity contribution in [1.29, 1.82) is 5.26 Å². The van der Waals surface area contributed by atoms with Crippen LogP contribution < -0.4 is 0 Å². The van der Waals surface area contributed by atoms with Crippen LogP contribution in [0.5, 0.6) is 0 Å². The zero-order valence-electron chi connectivity index (χ0n) is 19.7. The van der Waals surface area contributed by atoms with E-state index in [9.17, 15) is 4.79 Å². The second kappa shape index (κ2) is 8.28. The number of carbonyl (C=O) groups is 1. The zero-order valence-corrected chi connectivity index (χ0v) is 19.7. The average molecular weight is 457 g/mol. The van der Waals surface area contributed by atoms with Crippen molar-refractivity contribution < 1.29 is 14.1 Å². The number of amides is 1. The van der Waals surface area contributed by atoms with Crippen molar-refractivity contribution in [2.75, 3.05) is 6.54 Å². The Morgan fingerprint density at radius 2 is 1.88 bits per heavy atom. The molecule has 2 atom stereocenters. The summed E-state index contributed by atoms with van der Waals surface area (Å²) in [7, 11) is 0. The third-order valence-corrected chi connectivity index (χ3v) is 6.50. The van der Waals surface area contributed by atoms with Crippen molar-refractivity contribution in [3.05, 3.63) is 71.5 Å². The maximum Gasteiger partial charge on any atom is 0.410 e. The minimum Gasteiger partial charge on any atom is -0.444 e. The normalized spacial score (nSPS) is 20.3. The maximum absolute atomic E-state index is 13.3. The second-order valence-electron chi connectivity index (χ2n) is 10.3. The molecule has 0 saturated heterocycles. The lowest BCUT2D eigenvalue weighted by Gasteiger charge is -2.30. The van der Waals surface area contributed by atoms with Gasteiger partial charge in [0.1, 0.15) is 5.60 Å². The van der Waals surface area contributed by atoms with Gasteiger partial charge in [-0.15, -0.1) is 0 Å². The fourth-order valence-electron chi connectivity index (χ4n) is 4.40. The van der Waals surface area contributed by atoms with Crippen molar-refractivity contribution in [3.8, 4) is 17.5 Å². The molecular weight excluding hydrogens is 428 g/mol. The number of hydrogen-bond donors (Lipinski definition) is 0. The number of benzene rings is 2. The average Bonchev–Trinajstić information content (AvgIpc) is 3.73. The molecule has 0 spiro atoms. The van der Waals surface area contributed by atoms with Crippen LogP contribution in [0, 0.1) is 11.3 Å². The molecule has 2 saturated carbocycles. The largest absolute Gasteiger partial charge is 0.444 e. The van der Waals surface area contributed by atoms with Crippen LogP contribution in [0.4, 0.5) is 4.79 Å². The molecule has 2 aliphatic rings. The molecule has 1 heterocycles. The Morgan fingerprint density at radius 1 is 1.18 bits per heavy atom. The lowest BCUT2D eigenvalue weighted by Crippen LogP contribution is -2.43. The molecule has 0 aliphatic heterocycles. The number of carbonyl (C=O) groups excluding carboxylic acids is 1. The van der Waals surface area contributed by atoms with Crippen molar-refractivity contribution in [3.63, 3.8) is 0 Å². The summed E-state index contributed by atoms with van der Waals surface area (Å²) in [5.74, 6) is 1.35. The molecular formula is C27H28N4O3. The first-order valence-electron chi connectivity index (χ1n) is 11.7. The summed E-state index contributed by atoms with van der Waals surface area (Å²) in [6, 6.07) is 19.6. The Labute approximate surface area is 199 Å². The lowest BCUT2D eigenvalue weighted by molar-refractivity contribution is 0.0208. The summed E-state index contributed by atoms with van der Waals surface area (Å²) < 4.78 is 11.3. The molecule has 3 aromatic rings. The molecule has 1 aromatic heterocycles. The Balaban J connectivity index is 1.37. The van der Waals surface area contributed by atoms with Gasteiger partial charge in [-0.3, -0.25) is 0 Å². The third kappa shape index (κ3) is 4.54. The van der Waals surface area contributed by atoms with Crippen LogP contribution in [-0.4, -0.2) is 39.3 Å². The van der Waals surface area contributed by atoms with Gasteiger partial charge in [0.05, 0.1) is 17.0 Å². The van der Waals surface area contributed by atoms with Crippen LogP contribution in [0.2, 0.25) is 0 Å². The molecule has 0 bridgehead atoms. The van der Waals surface area contributed by atoms with Gasteiger partial charge in [-0.25, -0.2) is 4.79 Å². The number of nitrogens with zero attached hydrogens (tertiary/aromatic N) is 4. The van der Waals surface area contributed by atoms with Gasteiger partial charge in [-0.05, 0) is 69.9 Å². The van der Waals surface area contributed by atoms with Gasteiger partial charge in [-0.2, -0.15) is 10.2 Å². The fourth-order valence-corrected chi connectivity index (χ4v) is 4.40. The van der Waals surface area contributed by atoms with Crippen LogP contribution in [0.3, 0.4) is 0 Å². The Bertz CT molecular complexity index is 1220. The predicted octanol–water partition coefficient (Wildman–Crippen LogP) is 5.43. The number of ether oxygens (including phenoxy) is 1. The molecule has 7 nitrogen and oxygen atoms in total. The first-order valence-corrected chi connectivity index (χ1v) is 11.7. The third-order valence-electron chi connectivity index (χ3n) is 6.50. The monoisotopic (exact) mass is 456 g/mol. The van der Waals surface area contributed by atoms with E-state index in [0.29, 0.717) is 29.7 Å². The topological polar surface area (TPSA) is 92.2 Å². The van der Waals surface area contributed by atoms with Crippen molar-refractivity contribution in [2.45, 2.75) is 63.0 Å². The summed E-state index contributed by atoms with van der Waals surface area (Å²) in [5.41, 5.74) is 1.69. The lowest BCUT2D eigenvalue weighted by atomic mass is 10.1. The van der Waals surface area contributed by atoms with E-state index < -0.39 is 5.60 Å². The Kier molecular flexibility index (Phi) is 5.40. The highest BCUT2D eigenvalue weighted by Crippen LogP contribution is 2.52. The minimum atomic E-state index is -0.571. The van der Waals surface area contributed by atoms with E-state index in [4.69, 9.17) is 14.5 Å². The summed E-state index contributed by atoms with van der Waals surface area (Å²) in [6.07, 6.45) is 2.41. The van der Waals surface area contributed by atoms with Gasteiger partial charge < -0.3 is 14.2 Å². The van der Waals surface area contributed by atoms with E-state index >= 15 is 0 Å². The number of rotatable bonds is 6. The SMILES string of the molecule is CC(C)(C)OC(=O)N(CC1(c2noc(-c3ccc(C#N)cc3)n2)CC1)[C@H]1CC1c1ccccc1.